The smallest absolute Gasteiger partial charge is 0.360 e. The highest BCUT2D eigenvalue weighted by molar-refractivity contribution is 8.02. The van der Waals surface area contributed by atoms with Crippen molar-refractivity contribution in [3.8, 4) is 16.9 Å². The molecule has 1 heterocycles. The highest BCUT2D eigenvalue weighted by Crippen LogP contribution is 2.62. The fraction of sp³-hybridized carbons (Fsp3) is 0.182. The zero-order valence-corrected chi connectivity index (χ0v) is 17.3. The second kappa shape index (κ2) is 6.87. The molecule has 0 fully saturated rings. The van der Waals surface area contributed by atoms with Gasteiger partial charge in [-0.3, -0.25) is 4.57 Å². The number of para-hydroxylation sites is 1. The van der Waals surface area contributed by atoms with Gasteiger partial charge in [-0.05, 0) is 57.0 Å². The summed E-state index contributed by atoms with van der Waals surface area (Å²) in [5.74, 6) is 0.669. The lowest BCUT2D eigenvalue weighted by atomic mass is 10.0. The van der Waals surface area contributed by atoms with E-state index in [0.717, 1.165) is 21.3 Å². The van der Waals surface area contributed by atoms with Gasteiger partial charge in [0.05, 0.1) is 5.30 Å². The molecule has 3 aromatic rings. The molecule has 1 aliphatic heterocycles. The van der Waals surface area contributed by atoms with Crippen molar-refractivity contribution in [2.45, 2.75) is 31.2 Å². The van der Waals surface area contributed by atoms with E-state index < -0.39 is 7.52 Å². The van der Waals surface area contributed by atoms with Gasteiger partial charge in [0.2, 0.25) is 0 Å². The van der Waals surface area contributed by atoms with Crippen LogP contribution < -0.4 is 9.83 Å². The summed E-state index contributed by atoms with van der Waals surface area (Å²) >= 11 is 1.48. The number of rotatable bonds is 3. The highest BCUT2D eigenvalue weighted by atomic mass is 32.2. The second-order valence-corrected chi connectivity index (χ2v) is 10.9. The van der Waals surface area contributed by atoms with Gasteiger partial charge in [-0.15, -0.1) is 0 Å². The quantitative estimate of drug-likeness (QED) is 0.381. The summed E-state index contributed by atoms with van der Waals surface area (Å²) in [5.41, 5.74) is 1.58. The lowest BCUT2D eigenvalue weighted by molar-refractivity contribution is 0.343. The van der Waals surface area contributed by atoms with Crippen molar-refractivity contribution in [1.82, 2.24) is 4.08 Å². The minimum atomic E-state index is -3.34. The molecule has 3 nitrogen and oxygen atoms in total. The van der Waals surface area contributed by atoms with Crippen LogP contribution in [0.4, 0.5) is 0 Å². The molecule has 4 rings (SSSR count). The van der Waals surface area contributed by atoms with Crippen molar-refractivity contribution in [2.24, 2.45) is 0 Å². The second-order valence-electron chi connectivity index (χ2n) is 7.47. The van der Waals surface area contributed by atoms with E-state index in [2.05, 4.69) is 20.8 Å². The van der Waals surface area contributed by atoms with Gasteiger partial charge in [0, 0.05) is 21.6 Å². The molecule has 0 spiro atoms. The van der Waals surface area contributed by atoms with Crippen LogP contribution in [0.15, 0.2) is 83.8 Å². The molecule has 0 aromatic heterocycles. The third-order valence-corrected chi connectivity index (χ3v) is 8.97. The normalized spacial score (nSPS) is 18.5. The molecule has 3 aromatic carbocycles. The van der Waals surface area contributed by atoms with Crippen LogP contribution >= 0.6 is 19.5 Å². The number of hydrogen-bond donors (Lipinski definition) is 0. The molecule has 1 atom stereocenters. The van der Waals surface area contributed by atoms with Crippen molar-refractivity contribution >= 4 is 24.8 Å². The summed E-state index contributed by atoms with van der Waals surface area (Å²) < 4.78 is 22.7. The monoisotopic (exact) mass is 395 g/mol. The molecule has 0 N–H and O–H groups in total. The molecular formula is C22H22NO2PS. The number of fused-ring (bicyclic) bond motifs is 3. The van der Waals surface area contributed by atoms with E-state index in [0.29, 0.717) is 5.75 Å². The SMILES string of the molecule is CC(C)(C)N(Sc1ccccc1)P1(=O)Oc2ccccc2-c2ccccc21. The van der Waals surface area contributed by atoms with E-state index in [1.165, 1.54) is 11.9 Å². The lowest BCUT2D eigenvalue weighted by Gasteiger charge is -2.41. The molecule has 0 saturated heterocycles. The van der Waals surface area contributed by atoms with E-state index in [-0.39, 0.29) is 5.54 Å². The Labute approximate surface area is 165 Å². The van der Waals surface area contributed by atoms with Crippen LogP contribution in [0, 0.1) is 0 Å². The molecule has 1 aliphatic rings. The van der Waals surface area contributed by atoms with Crippen LogP contribution in [-0.2, 0) is 4.57 Å². The fourth-order valence-corrected chi connectivity index (χ4v) is 7.39. The van der Waals surface area contributed by atoms with Crippen molar-refractivity contribution in [3.05, 3.63) is 78.9 Å². The first kappa shape index (κ1) is 18.4. The number of nitrogens with zero attached hydrogens (tertiary/aromatic N) is 1. The Morgan fingerprint density at radius 1 is 0.815 bits per heavy atom. The molecule has 5 heteroatoms. The van der Waals surface area contributed by atoms with Crippen molar-refractivity contribution < 1.29 is 9.09 Å². The van der Waals surface area contributed by atoms with Crippen LogP contribution in [0.25, 0.3) is 11.1 Å². The number of hydrogen-bond acceptors (Lipinski definition) is 3. The Morgan fingerprint density at radius 3 is 2.11 bits per heavy atom. The van der Waals surface area contributed by atoms with Gasteiger partial charge < -0.3 is 4.52 Å². The summed E-state index contributed by atoms with van der Waals surface area (Å²) in [7, 11) is -3.34. The lowest BCUT2D eigenvalue weighted by Crippen LogP contribution is -2.39. The van der Waals surface area contributed by atoms with Gasteiger partial charge in [-0.25, -0.2) is 0 Å². The van der Waals surface area contributed by atoms with E-state index >= 15 is 0 Å². The van der Waals surface area contributed by atoms with Gasteiger partial charge in [-0.2, -0.15) is 4.08 Å². The van der Waals surface area contributed by atoms with Gasteiger partial charge in [0.1, 0.15) is 5.75 Å². The van der Waals surface area contributed by atoms with Gasteiger partial charge in [0.25, 0.3) is 0 Å². The Bertz CT molecular complexity index is 1010. The Morgan fingerprint density at radius 2 is 1.41 bits per heavy atom. The highest BCUT2D eigenvalue weighted by Gasteiger charge is 2.47. The van der Waals surface area contributed by atoms with Crippen LogP contribution in [0.3, 0.4) is 0 Å². The summed E-state index contributed by atoms with van der Waals surface area (Å²) in [6, 6.07) is 25.7. The summed E-state index contributed by atoms with van der Waals surface area (Å²) in [4.78, 5) is 1.03. The molecule has 0 amide bonds. The van der Waals surface area contributed by atoms with E-state index in [1.807, 2.05) is 82.9 Å². The van der Waals surface area contributed by atoms with E-state index in [4.69, 9.17) is 4.52 Å². The van der Waals surface area contributed by atoms with Crippen molar-refractivity contribution in [1.29, 1.82) is 0 Å². The molecule has 138 valence electrons. The van der Waals surface area contributed by atoms with Gasteiger partial charge in [0.15, 0.2) is 0 Å². The molecule has 0 saturated carbocycles. The third kappa shape index (κ3) is 3.34. The third-order valence-electron chi connectivity index (χ3n) is 4.36. The van der Waals surface area contributed by atoms with Gasteiger partial charge >= 0.3 is 7.52 Å². The fourth-order valence-electron chi connectivity index (χ4n) is 3.20. The van der Waals surface area contributed by atoms with E-state index in [1.54, 1.807) is 0 Å². The first-order valence-electron chi connectivity index (χ1n) is 8.92. The Kier molecular flexibility index (Phi) is 4.67. The molecule has 0 bridgehead atoms. The average Bonchev–Trinajstić information content (AvgIpc) is 2.66. The summed E-state index contributed by atoms with van der Waals surface area (Å²) in [6.45, 7) is 6.19. The Balaban J connectivity index is 1.88. The van der Waals surface area contributed by atoms with Crippen LogP contribution in [0.5, 0.6) is 5.75 Å². The Hall–Kier alpha value is -2.00. The van der Waals surface area contributed by atoms with Crippen molar-refractivity contribution in [2.75, 3.05) is 0 Å². The predicted octanol–water partition coefficient (Wildman–Crippen LogP) is 6.37. The van der Waals surface area contributed by atoms with Crippen LogP contribution in [0.1, 0.15) is 20.8 Å². The average molecular weight is 395 g/mol. The standard InChI is InChI=1S/C22H22NO2PS/c1-22(2,3)23(27-17-11-5-4-6-12-17)26(24)21-16-10-8-14-19(21)18-13-7-9-15-20(18)25-26/h4-16H,1-3H3. The topological polar surface area (TPSA) is 29.5 Å². The minimum Gasteiger partial charge on any atom is -0.428 e. The maximum absolute atomic E-state index is 14.5. The number of benzene rings is 3. The molecule has 27 heavy (non-hydrogen) atoms. The maximum atomic E-state index is 14.5. The first-order chi connectivity index (χ1) is 12.9. The predicted molar refractivity (Wildman–Crippen MR) is 114 cm³/mol. The summed E-state index contributed by atoms with van der Waals surface area (Å²) in [6.07, 6.45) is 0. The van der Waals surface area contributed by atoms with Gasteiger partial charge in [-0.1, -0.05) is 54.6 Å². The minimum absolute atomic E-state index is 0.380. The molecular weight excluding hydrogens is 373 g/mol. The van der Waals surface area contributed by atoms with Crippen molar-refractivity contribution in [3.63, 3.8) is 0 Å². The van der Waals surface area contributed by atoms with E-state index in [9.17, 15) is 4.57 Å². The van der Waals surface area contributed by atoms with Crippen LogP contribution in [0.2, 0.25) is 0 Å². The van der Waals surface area contributed by atoms with Crippen LogP contribution in [-0.4, -0.2) is 9.61 Å². The molecule has 1 unspecified atom stereocenters. The molecule has 0 aliphatic carbocycles. The summed E-state index contributed by atoms with van der Waals surface area (Å²) in [5, 5.41) is 0.752. The zero-order valence-electron chi connectivity index (χ0n) is 15.6. The maximum Gasteiger partial charge on any atom is 0.360 e. The molecule has 0 radical (unpaired) electrons. The largest absolute Gasteiger partial charge is 0.428 e. The zero-order chi connectivity index (χ0) is 19.1. The first-order valence-corrected chi connectivity index (χ1v) is 11.3.